The zero-order valence-corrected chi connectivity index (χ0v) is 20.7. The fourth-order valence-corrected chi connectivity index (χ4v) is 5.18. The highest BCUT2D eigenvalue weighted by Gasteiger charge is 2.41. The van der Waals surface area contributed by atoms with Gasteiger partial charge in [-0.25, -0.2) is 0 Å². The number of rotatable bonds is 6. The topological polar surface area (TPSA) is 36.3 Å². The smallest absolute Gasteiger partial charge is 0.170 e. The molecule has 1 saturated heterocycles. The summed E-state index contributed by atoms with van der Waals surface area (Å²) in [6.07, 6.45) is 1.85. The van der Waals surface area contributed by atoms with Crippen LogP contribution in [0.25, 0.3) is 5.69 Å². The van der Waals surface area contributed by atoms with E-state index >= 15 is 0 Å². The van der Waals surface area contributed by atoms with Gasteiger partial charge in [0.15, 0.2) is 5.11 Å². The van der Waals surface area contributed by atoms with Gasteiger partial charge in [-0.1, -0.05) is 18.2 Å². The maximum Gasteiger partial charge on any atom is 0.170 e. The number of nitrogens with zero attached hydrogens (tertiary/aromatic N) is 4. The van der Waals surface area contributed by atoms with E-state index in [-0.39, 0.29) is 12.1 Å². The number of hydrogen-bond acceptors (Lipinski definition) is 3. The van der Waals surface area contributed by atoms with Gasteiger partial charge in [0.25, 0.3) is 0 Å². The van der Waals surface area contributed by atoms with Crippen molar-refractivity contribution in [3.8, 4) is 5.69 Å². The van der Waals surface area contributed by atoms with Crippen LogP contribution in [0.4, 0.5) is 0 Å². The Morgan fingerprint density at radius 3 is 2.55 bits per heavy atom. The molecule has 3 heterocycles. The molecule has 1 aromatic carbocycles. The van der Waals surface area contributed by atoms with E-state index in [1.54, 1.807) is 0 Å². The molecule has 4 rings (SSSR count). The van der Waals surface area contributed by atoms with E-state index in [1.807, 2.05) is 24.4 Å². The first kappa shape index (κ1) is 22.0. The molecule has 162 valence electrons. The van der Waals surface area contributed by atoms with E-state index in [4.69, 9.17) is 12.2 Å². The molecule has 31 heavy (non-hydrogen) atoms. The summed E-state index contributed by atoms with van der Waals surface area (Å²) in [7, 11) is 4.19. The number of aromatic nitrogens is 2. The highest BCUT2D eigenvalue weighted by Crippen LogP contribution is 2.41. The third-order valence-corrected chi connectivity index (χ3v) is 6.89. The Hall–Kier alpha value is -2.22. The molecule has 0 amide bonds. The van der Waals surface area contributed by atoms with Crippen LogP contribution in [-0.2, 0) is 0 Å². The van der Waals surface area contributed by atoms with Crippen LogP contribution in [0.3, 0.4) is 0 Å². The van der Waals surface area contributed by atoms with E-state index in [0.717, 1.165) is 34.1 Å². The Bertz CT molecular complexity index is 1080. The minimum absolute atomic E-state index is 0.00373. The molecule has 1 aliphatic rings. The quantitative estimate of drug-likeness (QED) is 0.495. The lowest BCUT2D eigenvalue weighted by Gasteiger charge is -2.29. The molecule has 1 N–H and O–H groups in total. The first-order valence-corrected chi connectivity index (χ1v) is 11.6. The zero-order chi connectivity index (χ0) is 22.1. The molecule has 0 saturated carbocycles. The first-order valence-electron chi connectivity index (χ1n) is 10.4. The average Bonchev–Trinajstić information content (AvgIpc) is 3.23. The molecular formula is C24H28BrN5S. The Labute approximate surface area is 198 Å². The third-order valence-electron chi connectivity index (χ3n) is 5.87. The fraction of sp³-hybridized carbons (Fsp3) is 0.333. The molecule has 7 heteroatoms. The van der Waals surface area contributed by atoms with Crippen LogP contribution in [0.15, 0.2) is 59.2 Å². The maximum absolute atomic E-state index is 5.80. The van der Waals surface area contributed by atoms with Gasteiger partial charge in [-0.3, -0.25) is 4.98 Å². The molecular weight excluding hydrogens is 470 g/mol. The SMILES string of the molecule is Cc1cc([C@@H]2[C@@H](c3ccccn3)NC(=S)N2CCN(C)C)c(C)n1-c1ccccc1Br. The Morgan fingerprint density at radius 1 is 1.13 bits per heavy atom. The van der Waals surface area contributed by atoms with Crippen LogP contribution in [0, 0.1) is 13.8 Å². The summed E-state index contributed by atoms with van der Waals surface area (Å²) in [5.41, 5.74) is 5.84. The van der Waals surface area contributed by atoms with Gasteiger partial charge < -0.3 is 19.7 Å². The zero-order valence-electron chi connectivity index (χ0n) is 18.3. The monoisotopic (exact) mass is 497 g/mol. The van der Waals surface area contributed by atoms with Crippen molar-refractivity contribution in [3.63, 3.8) is 0 Å². The summed E-state index contributed by atoms with van der Waals surface area (Å²) in [6.45, 7) is 6.14. The number of likely N-dealkylation sites (N-methyl/N-ethyl adjacent to an activating group) is 1. The molecule has 0 spiro atoms. The molecule has 0 bridgehead atoms. The molecule has 2 aromatic heterocycles. The van der Waals surface area contributed by atoms with Crippen molar-refractivity contribution in [1.82, 2.24) is 24.7 Å². The van der Waals surface area contributed by atoms with Crippen molar-refractivity contribution in [2.45, 2.75) is 25.9 Å². The number of pyridine rings is 1. The van der Waals surface area contributed by atoms with Gasteiger partial charge in [0.05, 0.1) is 23.5 Å². The Balaban J connectivity index is 1.82. The number of nitrogens with one attached hydrogen (secondary N) is 1. The number of hydrogen-bond donors (Lipinski definition) is 1. The van der Waals surface area contributed by atoms with Crippen LogP contribution < -0.4 is 5.32 Å². The van der Waals surface area contributed by atoms with Crippen LogP contribution in [-0.4, -0.2) is 51.6 Å². The van der Waals surface area contributed by atoms with Crippen LogP contribution >= 0.6 is 28.1 Å². The molecule has 0 radical (unpaired) electrons. The van der Waals surface area contributed by atoms with Gasteiger partial charge in [-0.15, -0.1) is 0 Å². The highest BCUT2D eigenvalue weighted by molar-refractivity contribution is 9.10. The van der Waals surface area contributed by atoms with E-state index in [1.165, 1.54) is 17.0 Å². The third kappa shape index (κ3) is 4.27. The van der Waals surface area contributed by atoms with Crippen molar-refractivity contribution >= 4 is 33.3 Å². The number of halogens is 1. The van der Waals surface area contributed by atoms with Gasteiger partial charge in [-0.2, -0.15) is 0 Å². The lowest BCUT2D eigenvalue weighted by Crippen LogP contribution is -2.35. The lowest BCUT2D eigenvalue weighted by molar-refractivity contribution is 0.277. The van der Waals surface area contributed by atoms with E-state index in [9.17, 15) is 0 Å². The van der Waals surface area contributed by atoms with Gasteiger partial charge >= 0.3 is 0 Å². The van der Waals surface area contributed by atoms with Crippen LogP contribution in [0.5, 0.6) is 0 Å². The molecule has 2 atom stereocenters. The fourth-order valence-electron chi connectivity index (χ4n) is 4.38. The number of benzene rings is 1. The average molecular weight is 498 g/mol. The minimum atomic E-state index is 0.00373. The lowest BCUT2D eigenvalue weighted by atomic mass is 9.97. The van der Waals surface area contributed by atoms with Crippen molar-refractivity contribution in [3.05, 3.63) is 81.8 Å². The van der Waals surface area contributed by atoms with Crippen LogP contribution in [0.1, 0.15) is 34.7 Å². The van der Waals surface area contributed by atoms with E-state index in [2.05, 4.69) is 98.9 Å². The molecule has 5 nitrogen and oxygen atoms in total. The second kappa shape index (κ2) is 9.10. The molecule has 1 fully saturated rings. The van der Waals surface area contributed by atoms with Gasteiger partial charge in [-0.05, 0) is 92.0 Å². The first-order chi connectivity index (χ1) is 14.9. The largest absolute Gasteiger partial charge is 0.352 e. The van der Waals surface area contributed by atoms with Crippen molar-refractivity contribution in [1.29, 1.82) is 0 Å². The number of thiocarbonyl (C=S) groups is 1. The summed E-state index contributed by atoms with van der Waals surface area (Å²) >= 11 is 9.52. The number of aryl methyl sites for hydroxylation is 1. The molecule has 3 aromatic rings. The van der Waals surface area contributed by atoms with E-state index < -0.39 is 0 Å². The summed E-state index contributed by atoms with van der Waals surface area (Å²) in [6, 6.07) is 16.8. The van der Waals surface area contributed by atoms with Crippen molar-refractivity contribution in [2.24, 2.45) is 0 Å². The summed E-state index contributed by atoms with van der Waals surface area (Å²) in [4.78, 5) is 9.17. The predicted molar refractivity (Wildman–Crippen MR) is 134 cm³/mol. The minimum Gasteiger partial charge on any atom is -0.352 e. The second-order valence-corrected chi connectivity index (χ2v) is 9.48. The normalized spacial score (nSPS) is 18.6. The van der Waals surface area contributed by atoms with Gasteiger partial charge in [0, 0.05) is 35.1 Å². The standard InChI is InChI=1S/C24H28BrN5S/c1-16-15-18(17(2)30(16)21-11-6-5-9-19(21)25)23-22(20-10-7-8-12-26-20)27-24(31)29(23)14-13-28(3)4/h5-12,15,22-23H,13-14H2,1-4H3,(H,27,31)/t22-,23-/m1/s1. The van der Waals surface area contributed by atoms with Crippen molar-refractivity contribution < 1.29 is 0 Å². The van der Waals surface area contributed by atoms with Crippen molar-refractivity contribution in [2.75, 3.05) is 27.2 Å². The van der Waals surface area contributed by atoms with E-state index in [0.29, 0.717) is 0 Å². The summed E-state index contributed by atoms with van der Waals surface area (Å²) in [5, 5.41) is 4.34. The molecule has 1 aliphatic heterocycles. The maximum atomic E-state index is 5.80. The van der Waals surface area contributed by atoms with Crippen LogP contribution in [0.2, 0.25) is 0 Å². The van der Waals surface area contributed by atoms with Gasteiger partial charge in [0.2, 0.25) is 0 Å². The second-order valence-electron chi connectivity index (χ2n) is 8.24. The Kier molecular flexibility index (Phi) is 6.46. The summed E-state index contributed by atoms with van der Waals surface area (Å²) < 4.78 is 3.40. The molecule has 0 aliphatic carbocycles. The molecule has 0 unspecified atom stereocenters. The highest BCUT2D eigenvalue weighted by atomic mass is 79.9. The van der Waals surface area contributed by atoms with Gasteiger partial charge in [0.1, 0.15) is 0 Å². The predicted octanol–water partition coefficient (Wildman–Crippen LogP) is 4.79. The summed E-state index contributed by atoms with van der Waals surface area (Å²) in [5.74, 6) is 0. The Morgan fingerprint density at radius 2 is 1.87 bits per heavy atom. The number of para-hydroxylation sites is 1.